The summed E-state index contributed by atoms with van der Waals surface area (Å²) in [5.41, 5.74) is 0. The standard InChI is InChI=1S/C14H28O6/c1-16-9-11-13(18-3)14(19-4)12(17-2)10(20-11)7-5-6-8-15/h10-15H,5-9H2,1-4H3/t10-,11-,12-,13-,14-/m1/s1. The largest absolute Gasteiger partial charge is 0.396 e. The Labute approximate surface area is 121 Å². The molecular formula is C14H28O6. The molecule has 0 bridgehead atoms. The van der Waals surface area contributed by atoms with Crippen LogP contribution in [0.15, 0.2) is 0 Å². The van der Waals surface area contributed by atoms with Crippen molar-refractivity contribution in [2.24, 2.45) is 0 Å². The van der Waals surface area contributed by atoms with Gasteiger partial charge in [-0.1, -0.05) is 0 Å². The zero-order valence-electron chi connectivity index (χ0n) is 12.9. The van der Waals surface area contributed by atoms with Crippen LogP contribution in [0.2, 0.25) is 0 Å². The summed E-state index contributed by atoms with van der Waals surface area (Å²) < 4.78 is 27.9. The second-order valence-corrected chi connectivity index (χ2v) is 4.99. The lowest BCUT2D eigenvalue weighted by molar-refractivity contribution is -0.250. The van der Waals surface area contributed by atoms with Gasteiger partial charge >= 0.3 is 0 Å². The van der Waals surface area contributed by atoms with E-state index in [4.69, 9.17) is 28.8 Å². The van der Waals surface area contributed by atoms with Crippen LogP contribution < -0.4 is 0 Å². The van der Waals surface area contributed by atoms with Crippen molar-refractivity contribution < 1.29 is 28.8 Å². The van der Waals surface area contributed by atoms with E-state index in [2.05, 4.69) is 0 Å². The van der Waals surface area contributed by atoms with Gasteiger partial charge in [-0.25, -0.2) is 0 Å². The minimum absolute atomic E-state index is 0.0805. The molecule has 6 nitrogen and oxygen atoms in total. The highest BCUT2D eigenvalue weighted by Gasteiger charge is 2.46. The van der Waals surface area contributed by atoms with Crippen LogP contribution in [0.4, 0.5) is 0 Å². The highest BCUT2D eigenvalue weighted by atomic mass is 16.6. The monoisotopic (exact) mass is 292 g/mol. The van der Waals surface area contributed by atoms with E-state index in [-0.39, 0.29) is 37.1 Å². The Kier molecular flexibility index (Phi) is 8.60. The summed E-state index contributed by atoms with van der Waals surface area (Å²) in [5, 5.41) is 8.90. The fourth-order valence-corrected chi connectivity index (χ4v) is 2.82. The van der Waals surface area contributed by atoms with E-state index < -0.39 is 0 Å². The number of rotatable bonds is 9. The van der Waals surface area contributed by atoms with Crippen molar-refractivity contribution in [3.63, 3.8) is 0 Å². The second kappa shape index (κ2) is 9.65. The lowest BCUT2D eigenvalue weighted by Crippen LogP contribution is -2.60. The predicted octanol–water partition coefficient (Wildman–Crippen LogP) is 0.608. The number of hydrogen-bond donors (Lipinski definition) is 1. The Balaban J connectivity index is 2.77. The van der Waals surface area contributed by atoms with Gasteiger partial charge in [-0.3, -0.25) is 0 Å². The van der Waals surface area contributed by atoms with Gasteiger partial charge in [-0.15, -0.1) is 0 Å². The highest BCUT2D eigenvalue weighted by Crippen LogP contribution is 2.29. The normalized spacial score (nSPS) is 34.4. The topological polar surface area (TPSA) is 66.4 Å². The van der Waals surface area contributed by atoms with E-state index >= 15 is 0 Å². The summed E-state index contributed by atoms with van der Waals surface area (Å²) >= 11 is 0. The molecule has 1 fully saturated rings. The van der Waals surface area contributed by atoms with E-state index in [1.807, 2.05) is 0 Å². The molecule has 0 aliphatic carbocycles. The molecule has 1 rings (SSSR count). The average Bonchev–Trinajstić information content (AvgIpc) is 2.47. The van der Waals surface area contributed by atoms with Gasteiger partial charge in [-0.05, 0) is 19.3 Å². The van der Waals surface area contributed by atoms with Crippen LogP contribution in [0, 0.1) is 0 Å². The molecule has 0 saturated carbocycles. The van der Waals surface area contributed by atoms with Gasteiger partial charge in [0.15, 0.2) is 0 Å². The molecule has 0 aromatic rings. The maximum atomic E-state index is 8.90. The van der Waals surface area contributed by atoms with Gasteiger partial charge in [0.05, 0.1) is 12.7 Å². The molecule has 0 aromatic carbocycles. The molecular weight excluding hydrogens is 264 g/mol. The molecule has 6 heteroatoms. The van der Waals surface area contributed by atoms with Gasteiger partial charge in [0.1, 0.15) is 24.4 Å². The first-order valence-electron chi connectivity index (χ1n) is 7.07. The van der Waals surface area contributed by atoms with Gasteiger partial charge < -0.3 is 28.8 Å². The third kappa shape index (κ3) is 4.38. The lowest BCUT2D eigenvalue weighted by atomic mass is 9.92. The number of aliphatic hydroxyl groups excluding tert-OH is 1. The molecule has 0 amide bonds. The summed E-state index contributed by atoms with van der Waals surface area (Å²) in [6, 6.07) is 0. The van der Waals surface area contributed by atoms with Crippen LogP contribution in [0.25, 0.3) is 0 Å². The van der Waals surface area contributed by atoms with Crippen LogP contribution in [-0.4, -0.2) is 77.3 Å². The first-order valence-corrected chi connectivity index (χ1v) is 7.07. The van der Waals surface area contributed by atoms with Gasteiger partial charge in [-0.2, -0.15) is 0 Å². The Bertz CT molecular complexity index is 250. The summed E-state index contributed by atoms with van der Waals surface area (Å²) in [6.07, 6.45) is 1.60. The minimum atomic E-state index is -0.223. The van der Waals surface area contributed by atoms with Crippen molar-refractivity contribution in [1.82, 2.24) is 0 Å². The van der Waals surface area contributed by atoms with E-state index in [0.717, 1.165) is 19.3 Å². The number of ether oxygens (including phenoxy) is 5. The van der Waals surface area contributed by atoms with Crippen molar-refractivity contribution in [3.8, 4) is 0 Å². The first-order chi connectivity index (χ1) is 9.73. The van der Waals surface area contributed by atoms with Crippen LogP contribution >= 0.6 is 0 Å². The number of aliphatic hydroxyl groups is 1. The fourth-order valence-electron chi connectivity index (χ4n) is 2.82. The van der Waals surface area contributed by atoms with E-state index in [9.17, 15) is 0 Å². The zero-order chi connectivity index (χ0) is 15.0. The smallest absolute Gasteiger partial charge is 0.115 e. The second-order valence-electron chi connectivity index (χ2n) is 4.99. The number of unbranched alkanes of at least 4 members (excludes halogenated alkanes) is 1. The van der Waals surface area contributed by atoms with Gasteiger partial charge in [0.2, 0.25) is 0 Å². The van der Waals surface area contributed by atoms with Crippen LogP contribution in [-0.2, 0) is 23.7 Å². The molecule has 0 spiro atoms. The predicted molar refractivity (Wildman–Crippen MR) is 73.9 cm³/mol. The molecule has 0 aromatic heterocycles. The molecule has 20 heavy (non-hydrogen) atoms. The SMILES string of the molecule is COC[C@H]1O[C@H](CCCCO)[C@@H](OC)[C@@H](OC)[C@@H]1OC. The first kappa shape index (κ1) is 17.8. The fraction of sp³-hybridized carbons (Fsp3) is 1.00. The summed E-state index contributed by atoms with van der Waals surface area (Å²) in [6.45, 7) is 0.644. The van der Waals surface area contributed by atoms with E-state index in [1.165, 1.54) is 0 Å². The van der Waals surface area contributed by atoms with Crippen LogP contribution in [0.5, 0.6) is 0 Å². The molecule has 120 valence electrons. The lowest BCUT2D eigenvalue weighted by Gasteiger charge is -2.45. The van der Waals surface area contributed by atoms with Crippen molar-refractivity contribution >= 4 is 0 Å². The Morgan fingerprint density at radius 2 is 1.45 bits per heavy atom. The molecule has 1 aliphatic heterocycles. The van der Waals surface area contributed by atoms with Crippen molar-refractivity contribution in [3.05, 3.63) is 0 Å². The van der Waals surface area contributed by atoms with Gasteiger partial charge in [0.25, 0.3) is 0 Å². The van der Waals surface area contributed by atoms with E-state index in [0.29, 0.717) is 6.61 Å². The molecule has 1 aliphatic rings. The zero-order valence-corrected chi connectivity index (χ0v) is 12.9. The number of hydrogen-bond acceptors (Lipinski definition) is 6. The van der Waals surface area contributed by atoms with Crippen LogP contribution in [0.1, 0.15) is 19.3 Å². The van der Waals surface area contributed by atoms with Crippen LogP contribution in [0.3, 0.4) is 0 Å². The van der Waals surface area contributed by atoms with Crippen molar-refractivity contribution in [1.29, 1.82) is 0 Å². The van der Waals surface area contributed by atoms with E-state index in [1.54, 1.807) is 28.4 Å². The Morgan fingerprint density at radius 3 is 1.95 bits per heavy atom. The third-order valence-corrected chi connectivity index (χ3v) is 3.77. The highest BCUT2D eigenvalue weighted by molar-refractivity contribution is 4.94. The molecule has 1 heterocycles. The quantitative estimate of drug-likeness (QED) is 0.628. The summed E-state index contributed by atoms with van der Waals surface area (Å²) in [5.74, 6) is 0. The molecule has 1 N–H and O–H groups in total. The van der Waals surface area contributed by atoms with Crippen molar-refractivity contribution in [2.75, 3.05) is 41.7 Å². The minimum Gasteiger partial charge on any atom is -0.396 e. The molecule has 0 radical (unpaired) electrons. The molecule has 0 unspecified atom stereocenters. The third-order valence-electron chi connectivity index (χ3n) is 3.77. The maximum absolute atomic E-state index is 8.90. The van der Waals surface area contributed by atoms with Crippen molar-refractivity contribution in [2.45, 2.75) is 49.8 Å². The number of methoxy groups -OCH3 is 4. The molecule has 5 atom stereocenters. The molecule has 1 saturated heterocycles. The summed E-state index contributed by atoms with van der Waals surface area (Å²) in [4.78, 5) is 0. The average molecular weight is 292 g/mol. The van der Waals surface area contributed by atoms with Gasteiger partial charge in [0, 0.05) is 35.0 Å². The Morgan fingerprint density at radius 1 is 0.850 bits per heavy atom. The summed E-state index contributed by atoms with van der Waals surface area (Å²) in [7, 11) is 6.59. The maximum Gasteiger partial charge on any atom is 0.115 e. The Hall–Kier alpha value is -0.240.